The Kier molecular flexibility index (Phi) is 2.76. The van der Waals surface area contributed by atoms with Crippen molar-refractivity contribution in [2.24, 2.45) is 0 Å². The van der Waals surface area contributed by atoms with Gasteiger partial charge < -0.3 is 0 Å². The first-order valence-corrected chi connectivity index (χ1v) is 5.96. The molecule has 0 bridgehead atoms. The monoisotopic (exact) mass is 273 g/mol. The number of halogens is 1. The Morgan fingerprint density at radius 2 is 1.89 bits per heavy atom. The van der Waals surface area contributed by atoms with Gasteiger partial charge >= 0.3 is 0 Å². The van der Waals surface area contributed by atoms with E-state index in [-0.39, 0.29) is 6.54 Å². The third-order valence-corrected chi connectivity index (χ3v) is 3.09. The zero-order chi connectivity index (χ0) is 13.4. The Hall–Kier alpha value is -2.27. The fourth-order valence-corrected chi connectivity index (χ4v) is 2.15. The topological polar surface area (TPSA) is 63.2 Å². The van der Waals surface area contributed by atoms with Gasteiger partial charge in [0.05, 0.1) is 17.8 Å². The lowest BCUT2D eigenvalue weighted by atomic mass is 10.1. The Morgan fingerprint density at radius 1 is 1.16 bits per heavy atom. The second-order valence-corrected chi connectivity index (χ2v) is 4.48. The molecule has 2 heterocycles. The van der Waals surface area contributed by atoms with Crippen molar-refractivity contribution >= 4 is 29.0 Å². The summed E-state index contributed by atoms with van der Waals surface area (Å²) in [5.41, 5.74) is 0.875. The third-order valence-electron chi connectivity index (χ3n) is 2.85. The summed E-state index contributed by atoms with van der Waals surface area (Å²) in [6, 6.07) is 6.49. The van der Waals surface area contributed by atoms with E-state index in [2.05, 4.69) is 9.97 Å². The minimum absolute atomic E-state index is 0.167. The highest BCUT2D eigenvalue weighted by Gasteiger charge is 2.36. The molecular weight excluding hydrogens is 266 g/mol. The van der Waals surface area contributed by atoms with Crippen LogP contribution < -0.4 is 4.90 Å². The highest BCUT2D eigenvalue weighted by molar-refractivity contribution is 6.52. The van der Waals surface area contributed by atoms with E-state index in [4.69, 9.17) is 11.6 Å². The summed E-state index contributed by atoms with van der Waals surface area (Å²) in [6.07, 6.45) is 3.18. The molecule has 0 N–H and O–H groups in total. The van der Waals surface area contributed by atoms with Crippen LogP contribution >= 0.6 is 11.6 Å². The van der Waals surface area contributed by atoms with Gasteiger partial charge in [-0.05, 0) is 24.3 Å². The SMILES string of the molecule is O=C1C(=O)N(Cc2ncccn2)c2ccc(Cl)cc21. The van der Waals surface area contributed by atoms with E-state index >= 15 is 0 Å². The van der Waals surface area contributed by atoms with Crippen molar-refractivity contribution in [3.05, 3.63) is 53.1 Å². The number of hydrogen-bond donors (Lipinski definition) is 0. The number of nitrogens with zero attached hydrogens (tertiary/aromatic N) is 3. The first-order valence-electron chi connectivity index (χ1n) is 5.58. The summed E-state index contributed by atoms with van der Waals surface area (Å²) in [5.74, 6) is -0.649. The van der Waals surface area contributed by atoms with Crippen molar-refractivity contribution in [2.45, 2.75) is 6.54 Å². The lowest BCUT2D eigenvalue weighted by Gasteiger charge is -2.15. The fourth-order valence-electron chi connectivity index (χ4n) is 1.98. The van der Waals surface area contributed by atoms with Crippen molar-refractivity contribution in [3.63, 3.8) is 0 Å². The third kappa shape index (κ3) is 1.98. The van der Waals surface area contributed by atoms with Crippen LogP contribution in [0.25, 0.3) is 0 Å². The standard InChI is InChI=1S/C13H8ClN3O2/c14-8-2-3-10-9(6-8)12(18)13(19)17(10)7-11-15-4-1-5-16-11/h1-6H,7H2. The van der Waals surface area contributed by atoms with Crippen LogP contribution in [0, 0.1) is 0 Å². The molecule has 1 aliphatic rings. The van der Waals surface area contributed by atoms with Crippen molar-refractivity contribution in [1.82, 2.24) is 9.97 Å². The Bertz CT molecular complexity index is 673. The van der Waals surface area contributed by atoms with E-state index in [0.717, 1.165) is 0 Å². The molecule has 19 heavy (non-hydrogen) atoms. The minimum atomic E-state index is -0.579. The smallest absolute Gasteiger partial charge is 0.297 e. The number of benzene rings is 1. The summed E-state index contributed by atoms with van der Waals surface area (Å²) >= 11 is 5.84. The summed E-state index contributed by atoms with van der Waals surface area (Å²) in [5, 5.41) is 0.428. The normalized spacial score (nSPS) is 13.8. The van der Waals surface area contributed by atoms with Crippen LogP contribution in [0.4, 0.5) is 5.69 Å². The lowest BCUT2D eigenvalue weighted by molar-refractivity contribution is -0.114. The lowest BCUT2D eigenvalue weighted by Crippen LogP contribution is -2.29. The summed E-state index contributed by atoms with van der Waals surface area (Å²) in [4.78, 5) is 33.3. The number of hydrogen-bond acceptors (Lipinski definition) is 4. The molecule has 0 saturated heterocycles. The molecule has 94 valence electrons. The van der Waals surface area contributed by atoms with Gasteiger partial charge in [0.1, 0.15) is 5.82 Å². The number of carbonyl (C=O) groups excluding carboxylic acids is 2. The number of carbonyl (C=O) groups is 2. The zero-order valence-corrected chi connectivity index (χ0v) is 10.5. The first kappa shape index (κ1) is 11.8. The number of rotatable bonds is 2. The molecule has 0 fully saturated rings. The van der Waals surface area contributed by atoms with Crippen LogP contribution in [0.5, 0.6) is 0 Å². The van der Waals surface area contributed by atoms with Crippen molar-refractivity contribution < 1.29 is 9.59 Å². The van der Waals surface area contributed by atoms with Crippen LogP contribution in [0.15, 0.2) is 36.7 Å². The second-order valence-electron chi connectivity index (χ2n) is 4.05. The molecule has 0 aliphatic carbocycles. The van der Waals surface area contributed by atoms with Crippen LogP contribution in [-0.2, 0) is 11.3 Å². The fraction of sp³-hybridized carbons (Fsp3) is 0.0769. The summed E-state index contributed by atoms with van der Waals surface area (Å²) < 4.78 is 0. The molecule has 1 amide bonds. The maximum Gasteiger partial charge on any atom is 0.299 e. The number of fused-ring (bicyclic) bond motifs is 1. The van der Waals surface area contributed by atoms with Crippen LogP contribution in [-0.4, -0.2) is 21.7 Å². The highest BCUT2D eigenvalue weighted by Crippen LogP contribution is 2.31. The molecule has 1 aromatic heterocycles. The number of amides is 1. The van der Waals surface area contributed by atoms with E-state index in [9.17, 15) is 9.59 Å². The van der Waals surface area contributed by atoms with Crippen molar-refractivity contribution in [1.29, 1.82) is 0 Å². The number of Topliss-reactive ketones (excluding diaryl/α,β-unsaturated/α-hetero) is 1. The quantitative estimate of drug-likeness (QED) is 0.784. The average molecular weight is 274 g/mol. The van der Waals surface area contributed by atoms with Gasteiger partial charge in [-0.2, -0.15) is 0 Å². The van der Waals surface area contributed by atoms with Gasteiger partial charge in [-0.1, -0.05) is 11.6 Å². The van der Waals surface area contributed by atoms with Crippen molar-refractivity contribution in [3.8, 4) is 0 Å². The van der Waals surface area contributed by atoms with E-state index in [1.54, 1.807) is 30.6 Å². The number of ketones is 1. The van der Waals surface area contributed by atoms with Gasteiger partial charge in [-0.3, -0.25) is 14.5 Å². The second kappa shape index (κ2) is 4.44. The van der Waals surface area contributed by atoms with Gasteiger partial charge in [0, 0.05) is 17.4 Å². The molecule has 0 atom stereocenters. The Labute approximate surface area is 113 Å². The molecular formula is C13H8ClN3O2. The zero-order valence-electron chi connectivity index (χ0n) is 9.71. The predicted molar refractivity (Wildman–Crippen MR) is 69.0 cm³/mol. The molecule has 0 unspecified atom stereocenters. The van der Waals surface area contributed by atoms with Crippen LogP contribution in [0.2, 0.25) is 5.02 Å². The van der Waals surface area contributed by atoms with Gasteiger partial charge in [0.15, 0.2) is 0 Å². The van der Waals surface area contributed by atoms with Crippen molar-refractivity contribution in [2.75, 3.05) is 4.90 Å². The Balaban J connectivity index is 2.00. The minimum Gasteiger partial charge on any atom is -0.297 e. The van der Waals surface area contributed by atoms with Gasteiger partial charge in [-0.15, -0.1) is 0 Å². The van der Waals surface area contributed by atoms with Gasteiger partial charge in [0.2, 0.25) is 0 Å². The maximum absolute atomic E-state index is 12.0. The molecule has 1 aliphatic heterocycles. The predicted octanol–water partition coefficient (Wildman–Crippen LogP) is 1.86. The molecule has 0 spiro atoms. The molecule has 2 aromatic rings. The van der Waals surface area contributed by atoms with Crippen LogP contribution in [0.1, 0.15) is 16.2 Å². The molecule has 5 nitrogen and oxygen atoms in total. The maximum atomic E-state index is 12.0. The first-order chi connectivity index (χ1) is 9.16. The van der Waals surface area contributed by atoms with E-state index in [1.807, 2.05) is 0 Å². The highest BCUT2D eigenvalue weighted by atomic mass is 35.5. The summed E-state index contributed by atoms with van der Waals surface area (Å²) in [6.45, 7) is 0.167. The number of anilines is 1. The van der Waals surface area contributed by atoms with E-state index < -0.39 is 11.7 Å². The summed E-state index contributed by atoms with van der Waals surface area (Å²) in [7, 11) is 0. The van der Waals surface area contributed by atoms with Gasteiger partial charge in [-0.25, -0.2) is 9.97 Å². The van der Waals surface area contributed by atoms with E-state index in [1.165, 1.54) is 11.0 Å². The molecule has 6 heteroatoms. The molecule has 0 radical (unpaired) electrons. The van der Waals surface area contributed by atoms with Gasteiger partial charge in [0.25, 0.3) is 11.7 Å². The number of aromatic nitrogens is 2. The molecule has 3 rings (SSSR count). The molecule has 1 aromatic carbocycles. The largest absolute Gasteiger partial charge is 0.299 e. The Morgan fingerprint density at radius 3 is 2.63 bits per heavy atom. The van der Waals surface area contributed by atoms with Crippen LogP contribution in [0.3, 0.4) is 0 Å². The average Bonchev–Trinajstić information content (AvgIpc) is 2.65. The molecule has 0 saturated carbocycles. The van der Waals surface area contributed by atoms with E-state index in [0.29, 0.717) is 22.1 Å².